The van der Waals surface area contributed by atoms with Crippen LogP contribution in [0, 0.1) is 11.7 Å². The number of para-hydroxylation sites is 1. The maximum absolute atomic E-state index is 14.0. The highest BCUT2D eigenvalue weighted by atomic mass is 32.2. The zero-order valence-corrected chi connectivity index (χ0v) is 13.2. The number of hydrogen-bond acceptors (Lipinski definition) is 3. The summed E-state index contributed by atoms with van der Waals surface area (Å²) in [5.74, 6) is -1.18. The summed E-state index contributed by atoms with van der Waals surface area (Å²) in [7, 11) is 0. The molecule has 2 rings (SSSR count). The van der Waals surface area contributed by atoms with E-state index in [4.69, 9.17) is 5.11 Å². The van der Waals surface area contributed by atoms with Crippen LogP contribution in [0.15, 0.2) is 23.1 Å². The van der Waals surface area contributed by atoms with Crippen molar-refractivity contribution >= 4 is 29.4 Å². The number of amides is 2. The Morgan fingerprint density at radius 1 is 1.50 bits per heavy atom. The molecular formula is C15H19FN2O3S. The van der Waals surface area contributed by atoms with Crippen molar-refractivity contribution in [3.63, 3.8) is 0 Å². The van der Waals surface area contributed by atoms with Crippen LogP contribution in [0.2, 0.25) is 0 Å². The molecule has 22 heavy (non-hydrogen) atoms. The van der Waals surface area contributed by atoms with E-state index in [2.05, 4.69) is 5.32 Å². The molecule has 1 unspecified atom stereocenters. The molecule has 1 aromatic rings. The second-order valence-electron chi connectivity index (χ2n) is 5.10. The molecule has 0 bridgehead atoms. The first kappa shape index (κ1) is 16.6. The molecule has 2 amide bonds. The van der Waals surface area contributed by atoms with Crippen molar-refractivity contribution in [3.05, 3.63) is 24.0 Å². The molecule has 1 fully saturated rings. The largest absolute Gasteiger partial charge is 0.481 e. The van der Waals surface area contributed by atoms with E-state index in [1.54, 1.807) is 12.1 Å². The highest BCUT2D eigenvalue weighted by molar-refractivity contribution is 7.99. The Bertz CT molecular complexity index is 568. The van der Waals surface area contributed by atoms with E-state index in [1.165, 1.54) is 22.7 Å². The van der Waals surface area contributed by atoms with Crippen LogP contribution in [0.5, 0.6) is 0 Å². The fraction of sp³-hybridized carbons (Fsp3) is 0.467. The van der Waals surface area contributed by atoms with Gasteiger partial charge in [0.15, 0.2) is 0 Å². The molecule has 1 aliphatic rings. The van der Waals surface area contributed by atoms with Crippen LogP contribution in [0.25, 0.3) is 0 Å². The van der Waals surface area contributed by atoms with Gasteiger partial charge in [0.2, 0.25) is 0 Å². The van der Waals surface area contributed by atoms with Gasteiger partial charge in [-0.1, -0.05) is 13.0 Å². The molecule has 0 radical (unpaired) electrons. The summed E-state index contributed by atoms with van der Waals surface area (Å²) in [4.78, 5) is 25.5. The number of nitrogens with zero attached hydrogens (tertiary/aromatic N) is 1. The van der Waals surface area contributed by atoms with E-state index in [0.29, 0.717) is 24.3 Å². The topological polar surface area (TPSA) is 69.6 Å². The van der Waals surface area contributed by atoms with Crippen molar-refractivity contribution in [3.8, 4) is 0 Å². The van der Waals surface area contributed by atoms with Gasteiger partial charge in [0.1, 0.15) is 5.82 Å². The van der Waals surface area contributed by atoms with Crippen LogP contribution in [-0.4, -0.2) is 40.8 Å². The lowest BCUT2D eigenvalue weighted by Gasteiger charge is -2.31. The Morgan fingerprint density at radius 2 is 2.27 bits per heavy atom. The fourth-order valence-electron chi connectivity index (χ4n) is 2.45. The third-order valence-corrected chi connectivity index (χ3v) is 4.50. The van der Waals surface area contributed by atoms with Crippen LogP contribution < -0.4 is 5.32 Å². The number of nitrogens with one attached hydrogen (secondary N) is 1. The molecule has 2 N–H and O–H groups in total. The number of carboxylic acid groups (broad SMARTS) is 1. The number of likely N-dealkylation sites (tertiary alicyclic amines) is 1. The standard InChI is InChI=1S/C15H19FN2O3S/c1-2-22-12-7-3-6-11(16)13(12)17-15(21)18-8-4-5-10(9-18)14(19)20/h3,6-7,10H,2,4-5,8-9H2,1H3,(H,17,21)(H,19,20). The summed E-state index contributed by atoms with van der Waals surface area (Å²) >= 11 is 1.44. The van der Waals surface area contributed by atoms with Crippen molar-refractivity contribution in [2.24, 2.45) is 5.92 Å². The number of carboxylic acids is 1. The average molecular weight is 326 g/mol. The van der Waals surface area contributed by atoms with Crippen LogP contribution in [0.3, 0.4) is 0 Å². The highest BCUT2D eigenvalue weighted by Gasteiger charge is 2.28. The number of hydrogen-bond donors (Lipinski definition) is 2. The Labute approximate surface area is 132 Å². The summed E-state index contributed by atoms with van der Waals surface area (Å²) in [5, 5.41) is 11.7. The highest BCUT2D eigenvalue weighted by Crippen LogP contribution is 2.30. The predicted molar refractivity (Wildman–Crippen MR) is 83.7 cm³/mol. The van der Waals surface area contributed by atoms with Gasteiger partial charge in [-0.25, -0.2) is 9.18 Å². The first-order valence-electron chi connectivity index (χ1n) is 7.23. The molecule has 120 valence electrons. The quantitative estimate of drug-likeness (QED) is 0.833. The molecule has 0 aliphatic carbocycles. The molecule has 0 aromatic heterocycles. The molecule has 1 atom stereocenters. The Morgan fingerprint density at radius 3 is 2.95 bits per heavy atom. The van der Waals surface area contributed by atoms with E-state index < -0.39 is 23.7 Å². The fourth-order valence-corrected chi connectivity index (χ4v) is 3.23. The van der Waals surface area contributed by atoms with Gasteiger partial charge >= 0.3 is 12.0 Å². The SMILES string of the molecule is CCSc1cccc(F)c1NC(=O)N1CCCC(C(=O)O)C1. The number of aliphatic carboxylic acids is 1. The van der Waals surface area contributed by atoms with Crippen LogP contribution >= 0.6 is 11.8 Å². The molecule has 1 heterocycles. The Kier molecular flexibility index (Phi) is 5.65. The molecule has 1 aliphatic heterocycles. The summed E-state index contributed by atoms with van der Waals surface area (Å²) in [5.41, 5.74) is 0.164. The second-order valence-corrected chi connectivity index (χ2v) is 6.41. The number of carbonyl (C=O) groups is 2. The minimum Gasteiger partial charge on any atom is -0.481 e. The van der Waals surface area contributed by atoms with E-state index in [-0.39, 0.29) is 12.2 Å². The van der Waals surface area contributed by atoms with E-state index in [9.17, 15) is 14.0 Å². The van der Waals surface area contributed by atoms with Crippen molar-refractivity contribution in [1.82, 2.24) is 4.90 Å². The van der Waals surface area contributed by atoms with Crippen LogP contribution in [0.4, 0.5) is 14.9 Å². The first-order chi connectivity index (χ1) is 10.5. The second kappa shape index (κ2) is 7.49. The Balaban J connectivity index is 2.10. The zero-order chi connectivity index (χ0) is 16.1. The van der Waals surface area contributed by atoms with Crippen LogP contribution in [-0.2, 0) is 4.79 Å². The van der Waals surface area contributed by atoms with E-state index in [1.807, 2.05) is 6.92 Å². The van der Waals surface area contributed by atoms with E-state index >= 15 is 0 Å². The monoisotopic (exact) mass is 326 g/mol. The van der Waals surface area contributed by atoms with Gasteiger partial charge in [-0.05, 0) is 30.7 Å². The number of thioether (sulfide) groups is 1. The van der Waals surface area contributed by atoms with Crippen molar-refractivity contribution < 1.29 is 19.1 Å². The van der Waals surface area contributed by atoms with E-state index in [0.717, 1.165) is 5.75 Å². The van der Waals surface area contributed by atoms with Crippen molar-refractivity contribution in [2.75, 3.05) is 24.2 Å². The normalized spacial score (nSPS) is 18.1. The number of carbonyl (C=O) groups excluding carboxylic acids is 1. The number of urea groups is 1. The zero-order valence-electron chi connectivity index (χ0n) is 12.3. The molecular weight excluding hydrogens is 307 g/mol. The number of rotatable bonds is 4. The molecule has 5 nitrogen and oxygen atoms in total. The van der Waals surface area contributed by atoms with Crippen molar-refractivity contribution in [2.45, 2.75) is 24.7 Å². The lowest BCUT2D eigenvalue weighted by Crippen LogP contribution is -2.44. The molecule has 1 aromatic carbocycles. The van der Waals surface area contributed by atoms with Gasteiger partial charge in [0.05, 0.1) is 11.6 Å². The molecule has 1 saturated heterocycles. The van der Waals surface area contributed by atoms with Gasteiger partial charge in [0.25, 0.3) is 0 Å². The molecule has 7 heteroatoms. The smallest absolute Gasteiger partial charge is 0.321 e. The van der Waals surface area contributed by atoms with Gasteiger partial charge < -0.3 is 15.3 Å². The number of anilines is 1. The lowest BCUT2D eigenvalue weighted by atomic mass is 9.99. The Hall–Kier alpha value is -1.76. The lowest BCUT2D eigenvalue weighted by molar-refractivity contribution is -0.143. The maximum Gasteiger partial charge on any atom is 0.321 e. The number of piperidine rings is 1. The van der Waals surface area contributed by atoms with Crippen molar-refractivity contribution in [1.29, 1.82) is 0 Å². The number of halogens is 1. The van der Waals surface area contributed by atoms with Crippen LogP contribution in [0.1, 0.15) is 19.8 Å². The number of benzene rings is 1. The molecule has 0 saturated carbocycles. The molecule has 0 spiro atoms. The minimum atomic E-state index is -0.898. The average Bonchev–Trinajstić information content (AvgIpc) is 2.51. The summed E-state index contributed by atoms with van der Waals surface area (Å²) in [6, 6.07) is 4.20. The summed E-state index contributed by atoms with van der Waals surface area (Å²) < 4.78 is 14.0. The van der Waals surface area contributed by atoms with Gasteiger partial charge in [-0.2, -0.15) is 0 Å². The maximum atomic E-state index is 14.0. The van der Waals surface area contributed by atoms with Gasteiger partial charge in [0, 0.05) is 18.0 Å². The summed E-state index contributed by atoms with van der Waals surface area (Å²) in [6.07, 6.45) is 1.20. The third-order valence-electron chi connectivity index (χ3n) is 3.56. The summed E-state index contributed by atoms with van der Waals surface area (Å²) in [6.45, 7) is 2.59. The third kappa shape index (κ3) is 3.91. The minimum absolute atomic E-state index is 0.159. The first-order valence-corrected chi connectivity index (χ1v) is 8.21. The van der Waals surface area contributed by atoms with Gasteiger partial charge in [-0.3, -0.25) is 4.79 Å². The predicted octanol–water partition coefficient (Wildman–Crippen LogP) is 3.27. The van der Waals surface area contributed by atoms with Gasteiger partial charge in [-0.15, -0.1) is 11.8 Å².